The number of nitrogens with one attached hydrogen (secondary N) is 1. The van der Waals surface area contributed by atoms with Crippen LogP contribution >= 0.6 is 0 Å². The number of hydrogen-bond donors (Lipinski definition) is 3. The van der Waals surface area contributed by atoms with Crippen molar-refractivity contribution in [2.75, 3.05) is 34.0 Å². The first-order valence-corrected chi connectivity index (χ1v) is 12.1. The van der Waals surface area contributed by atoms with E-state index in [1.54, 1.807) is 26.4 Å². The first-order valence-electron chi connectivity index (χ1n) is 12.1. The number of carbonyl (C=O) groups is 1. The van der Waals surface area contributed by atoms with E-state index < -0.39 is 11.8 Å². The lowest BCUT2D eigenvalue weighted by atomic mass is 9.81. The smallest absolute Gasteiger partial charge is 0.249 e. The Morgan fingerprint density at radius 1 is 1.14 bits per heavy atom. The Hall–Kier alpha value is -4.01. The van der Waals surface area contributed by atoms with Crippen molar-refractivity contribution in [3.63, 3.8) is 0 Å². The molecule has 3 aromatic carbocycles. The van der Waals surface area contributed by atoms with E-state index in [9.17, 15) is 9.90 Å². The molecule has 1 aromatic heterocycles. The second-order valence-electron chi connectivity index (χ2n) is 9.00. The Morgan fingerprint density at radius 2 is 1.97 bits per heavy atom. The van der Waals surface area contributed by atoms with Crippen molar-refractivity contribution in [3.8, 4) is 28.4 Å². The number of methoxy groups -OCH3 is 2. The lowest BCUT2D eigenvalue weighted by molar-refractivity contribution is 0.0998. The van der Waals surface area contributed by atoms with Gasteiger partial charge in [-0.1, -0.05) is 18.2 Å². The van der Waals surface area contributed by atoms with Crippen LogP contribution < -0.4 is 19.9 Å². The fourth-order valence-corrected chi connectivity index (χ4v) is 5.08. The molecule has 4 aromatic rings. The summed E-state index contributed by atoms with van der Waals surface area (Å²) in [5.41, 5.74) is 11.4. The molecule has 8 heteroatoms. The van der Waals surface area contributed by atoms with Crippen LogP contribution in [-0.4, -0.2) is 50.0 Å². The summed E-state index contributed by atoms with van der Waals surface area (Å²) in [5, 5.41) is 11.7. The second kappa shape index (κ2) is 10.5. The molecule has 0 bridgehead atoms. The van der Waals surface area contributed by atoms with E-state index in [-0.39, 0.29) is 6.61 Å². The van der Waals surface area contributed by atoms with Crippen molar-refractivity contribution in [2.24, 2.45) is 5.73 Å². The summed E-state index contributed by atoms with van der Waals surface area (Å²) in [7, 11) is 3.20. The van der Waals surface area contributed by atoms with E-state index >= 15 is 0 Å². The maximum Gasteiger partial charge on any atom is 0.249 e. The molecule has 1 atom stereocenters. The number of hydrogen-bond acceptors (Lipinski definition) is 6. The van der Waals surface area contributed by atoms with E-state index in [1.165, 1.54) is 0 Å². The Kier molecular flexibility index (Phi) is 7.03. The number of amides is 1. The first kappa shape index (κ1) is 24.7. The van der Waals surface area contributed by atoms with Gasteiger partial charge in [0.15, 0.2) is 11.5 Å². The molecule has 0 saturated heterocycles. The van der Waals surface area contributed by atoms with Crippen molar-refractivity contribution >= 4 is 16.8 Å². The normalized spacial score (nSPS) is 12.9. The summed E-state index contributed by atoms with van der Waals surface area (Å²) < 4.78 is 22.7. The van der Waals surface area contributed by atoms with Gasteiger partial charge in [-0.15, -0.1) is 0 Å². The third-order valence-electron chi connectivity index (χ3n) is 6.83. The van der Waals surface area contributed by atoms with Crippen LogP contribution in [-0.2, 0) is 17.8 Å². The highest BCUT2D eigenvalue weighted by molar-refractivity contribution is 5.98. The van der Waals surface area contributed by atoms with Crippen LogP contribution in [0.5, 0.6) is 17.2 Å². The van der Waals surface area contributed by atoms with Gasteiger partial charge in [0.05, 0.1) is 20.3 Å². The van der Waals surface area contributed by atoms with Gasteiger partial charge in [0.25, 0.3) is 0 Å². The molecular formula is C29H30N2O6. The molecule has 1 aliphatic rings. The number of carbonyl (C=O) groups excluding carboxylic acids is 1. The largest absolute Gasteiger partial charge is 0.493 e. The lowest BCUT2D eigenvalue weighted by Gasteiger charge is -2.29. The van der Waals surface area contributed by atoms with E-state index in [1.807, 2.05) is 42.6 Å². The van der Waals surface area contributed by atoms with Crippen molar-refractivity contribution in [2.45, 2.75) is 18.9 Å². The molecule has 192 valence electrons. The molecule has 1 amide bonds. The minimum atomic E-state index is -0.561. The van der Waals surface area contributed by atoms with E-state index in [4.69, 9.17) is 24.7 Å². The molecule has 0 unspecified atom stereocenters. The van der Waals surface area contributed by atoms with Crippen LogP contribution in [0.1, 0.15) is 33.0 Å². The number of rotatable bonds is 10. The Morgan fingerprint density at radius 3 is 2.73 bits per heavy atom. The van der Waals surface area contributed by atoms with Crippen molar-refractivity contribution < 1.29 is 28.8 Å². The van der Waals surface area contributed by atoms with Crippen LogP contribution in [0.4, 0.5) is 0 Å². The van der Waals surface area contributed by atoms with Gasteiger partial charge in [0.1, 0.15) is 19.0 Å². The monoisotopic (exact) mass is 502 g/mol. The SMILES string of the molecule is COCCOc1cc2c(cc1OC)-c1c(ccc(C(N)=O)c1[C@H](CO)Cc1c[nH]c3ccccc13)OC2. The fourth-order valence-electron chi connectivity index (χ4n) is 5.08. The van der Waals surface area contributed by atoms with Gasteiger partial charge in [-0.2, -0.15) is 0 Å². The third-order valence-corrected chi connectivity index (χ3v) is 6.83. The Balaban J connectivity index is 1.65. The molecule has 0 saturated carbocycles. The molecule has 8 nitrogen and oxygen atoms in total. The summed E-state index contributed by atoms with van der Waals surface area (Å²) in [6.45, 7) is 0.963. The molecule has 0 radical (unpaired) electrons. The number of fused-ring (bicyclic) bond motifs is 4. The Labute approximate surface area is 214 Å². The second-order valence-corrected chi connectivity index (χ2v) is 9.00. The average molecular weight is 503 g/mol. The number of benzene rings is 3. The molecule has 4 N–H and O–H groups in total. The predicted octanol–water partition coefficient (Wildman–Crippen LogP) is 4.18. The predicted molar refractivity (Wildman–Crippen MR) is 140 cm³/mol. The molecule has 0 aliphatic carbocycles. The number of primary amides is 1. The van der Waals surface area contributed by atoms with Gasteiger partial charge in [0, 0.05) is 46.8 Å². The minimum absolute atomic E-state index is 0.180. The summed E-state index contributed by atoms with van der Waals surface area (Å²) in [4.78, 5) is 15.9. The van der Waals surface area contributed by atoms with Gasteiger partial charge in [-0.05, 0) is 53.4 Å². The van der Waals surface area contributed by atoms with Crippen molar-refractivity contribution in [1.29, 1.82) is 0 Å². The van der Waals surface area contributed by atoms with Crippen LogP contribution in [0.2, 0.25) is 0 Å². The zero-order chi connectivity index (χ0) is 25.9. The zero-order valence-electron chi connectivity index (χ0n) is 20.9. The van der Waals surface area contributed by atoms with Crippen molar-refractivity contribution in [3.05, 3.63) is 77.0 Å². The van der Waals surface area contributed by atoms with E-state index in [2.05, 4.69) is 4.98 Å². The summed E-state index contributed by atoms with van der Waals surface area (Å²) in [5.74, 6) is 0.786. The maximum atomic E-state index is 12.6. The highest BCUT2D eigenvalue weighted by atomic mass is 16.5. The van der Waals surface area contributed by atoms with Crippen molar-refractivity contribution in [1.82, 2.24) is 4.98 Å². The minimum Gasteiger partial charge on any atom is -0.493 e. The number of aromatic nitrogens is 1. The lowest BCUT2D eigenvalue weighted by Crippen LogP contribution is -2.21. The highest BCUT2D eigenvalue weighted by Gasteiger charge is 2.30. The molecule has 37 heavy (non-hydrogen) atoms. The third kappa shape index (κ3) is 4.61. The zero-order valence-corrected chi connectivity index (χ0v) is 20.9. The molecule has 0 fully saturated rings. The average Bonchev–Trinajstić information content (AvgIpc) is 3.33. The van der Waals surface area contributed by atoms with E-state index in [0.29, 0.717) is 54.6 Å². The van der Waals surface area contributed by atoms with Gasteiger partial charge in [-0.3, -0.25) is 4.79 Å². The molecule has 2 heterocycles. The van der Waals surface area contributed by atoms with Gasteiger partial charge < -0.3 is 34.8 Å². The number of aliphatic hydroxyl groups is 1. The first-order chi connectivity index (χ1) is 18.0. The number of H-pyrrole nitrogens is 1. The Bertz CT molecular complexity index is 1440. The fraction of sp³-hybridized carbons (Fsp3) is 0.276. The van der Waals surface area contributed by atoms with Crippen LogP contribution in [0, 0.1) is 0 Å². The molecule has 5 rings (SSSR count). The number of ether oxygens (including phenoxy) is 4. The quantitative estimate of drug-likeness (QED) is 0.280. The van der Waals surface area contributed by atoms with Gasteiger partial charge >= 0.3 is 0 Å². The van der Waals surface area contributed by atoms with Gasteiger partial charge in [-0.25, -0.2) is 0 Å². The topological polar surface area (TPSA) is 116 Å². The molecule has 1 aliphatic heterocycles. The van der Waals surface area contributed by atoms with Crippen LogP contribution in [0.3, 0.4) is 0 Å². The maximum absolute atomic E-state index is 12.6. The number of para-hydroxylation sites is 1. The number of aliphatic hydroxyl groups excluding tert-OH is 1. The van der Waals surface area contributed by atoms with Crippen LogP contribution in [0.15, 0.2) is 54.7 Å². The van der Waals surface area contributed by atoms with E-state index in [0.717, 1.165) is 33.2 Å². The van der Waals surface area contributed by atoms with Crippen LogP contribution in [0.25, 0.3) is 22.0 Å². The summed E-state index contributed by atoms with van der Waals surface area (Å²) >= 11 is 0. The molecular weight excluding hydrogens is 472 g/mol. The van der Waals surface area contributed by atoms with Gasteiger partial charge in [0.2, 0.25) is 5.91 Å². The standard InChI is InChI=1S/C29H30N2O6/c1-34-9-10-36-26-12-19-16-37-24-8-7-21(29(30)33)27(28(24)22(19)13-25(26)35-2)18(15-32)11-17-14-31-23-6-4-3-5-20(17)23/h3-8,12-14,18,31-32H,9-11,15-16H2,1-2H3,(H2,30,33)/t18-/m0/s1. The summed E-state index contributed by atoms with van der Waals surface area (Å²) in [6, 6.07) is 15.2. The number of aromatic amines is 1. The number of nitrogens with two attached hydrogens (primary N) is 1. The summed E-state index contributed by atoms with van der Waals surface area (Å²) in [6.07, 6.45) is 2.45. The highest BCUT2D eigenvalue weighted by Crippen LogP contribution is 2.48. The molecule has 0 spiro atoms.